The van der Waals surface area contributed by atoms with Crippen molar-refractivity contribution in [3.8, 4) is 0 Å². The van der Waals surface area contributed by atoms with Crippen molar-refractivity contribution in [1.82, 2.24) is 10.2 Å². The first-order chi connectivity index (χ1) is 9.65. The van der Waals surface area contributed by atoms with E-state index in [0.29, 0.717) is 23.9 Å². The van der Waals surface area contributed by atoms with Crippen LogP contribution < -0.4 is 10.4 Å². The molecular weight excluding hydrogens is 278 g/mol. The lowest BCUT2D eigenvalue weighted by Gasteiger charge is -2.30. The van der Waals surface area contributed by atoms with Crippen LogP contribution in [0.2, 0.25) is 0 Å². The van der Waals surface area contributed by atoms with Gasteiger partial charge in [0.15, 0.2) is 0 Å². The van der Waals surface area contributed by atoms with Gasteiger partial charge in [-0.2, -0.15) is 0 Å². The zero-order chi connectivity index (χ0) is 14.1. The van der Waals surface area contributed by atoms with E-state index in [1.165, 1.54) is 11.3 Å². The lowest BCUT2D eigenvalue weighted by Crippen LogP contribution is -2.42. The molecule has 1 heterocycles. The molecule has 108 valence electrons. The Morgan fingerprint density at radius 2 is 1.80 bits per heavy atom. The number of carboxylic acid groups (broad SMARTS) is 1. The van der Waals surface area contributed by atoms with Crippen LogP contribution in [-0.2, 0) is 9.59 Å². The zero-order valence-corrected chi connectivity index (χ0v) is 11.8. The Bertz CT molecular complexity index is 527. The molecule has 3 rings (SSSR count). The van der Waals surface area contributed by atoms with Crippen molar-refractivity contribution >= 4 is 28.3 Å². The summed E-state index contributed by atoms with van der Waals surface area (Å²) < 4.78 is 0. The standard InChI is InChI=1S/C13H17N3O3S/c17-10(8-3-1-2-4-9(8)12(18)19)14-13-16-15-11(20-13)7-5-6-7/h7-9H,1-6H2,(H,18,19)(H,14,16,17)/p-1/t8-,9-/m1/s1. The summed E-state index contributed by atoms with van der Waals surface area (Å²) in [5.41, 5.74) is 0. The summed E-state index contributed by atoms with van der Waals surface area (Å²) in [6, 6.07) is 0. The molecule has 1 aromatic rings. The molecule has 0 aliphatic heterocycles. The van der Waals surface area contributed by atoms with Crippen molar-refractivity contribution < 1.29 is 14.7 Å². The molecule has 0 bridgehead atoms. The number of aliphatic carboxylic acids is 1. The lowest BCUT2D eigenvalue weighted by molar-refractivity contribution is -0.313. The molecular formula is C13H16N3O3S-. The highest BCUT2D eigenvalue weighted by Crippen LogP contribution is 2.42. The second-order valence-corrected chi connectivity index (χ2v) is 6.53. The largest absolute Gasteiger partial charge is 0.550 e. The third kappa shape index (κ3) is 2.82. The molecule has 1 aromatic heterocycles. The minimum atomic E-state index is -1.12. The van der Waals surface area contributed by atoms with E-state index in [9.17, 15) is 14.7 Å². The quantitative estimate of drug-likeness (QED) is 0.890. The van der Waals surface area contributed by atoms with E-state index in [0.717, 1.165) is 30.7 Å². The van der Waals surface area contributed by atoms with Crippen LogP contribution in [0, 0.1) is 11.8 Å². The molecule has 0 aromatic carbocycles. The fourth-order valence-electron chi connectivity index (χ4n) is 2.71. The maximum Gasteiger partial charge on any atom is 0.229 e. The van der Waals surface area contributed by atoms with E-state index in [2.05, 4.69) is 15.5 Å². The van der Waals surface area contributed by atoms with Gasteiger partial charge < -0.3 is 15.2 Å². The predicted octanol–water partition coefficient (Wildman–Crippen LogP) is 0.910. The normalized spacial score (nSPS) is 26.2. The Labute approximate surface area is 120 Å². The van der Waals surface area contributed by atoms with Gasteiger partial charge in [-0.15, -0.1) is 10.2 Å². The van der Waals surface area contributed by atoms with Crippen molar-refractivity contribution in [3.63, 3.8) is 0 Å². The Hall–Kier alpha value is -1.50. The van der Waals surface area contributed by atoms with Gasteiger partial charge >= 0.3 is 0 Å². The number of nitrogens with one attached hydrogen (secondary N) is 1. The average Bonchev–Trinajstić information content (AvgIpc) is 3.19. The molecule has 2 aliphatic carbocycles. The first-order valence-corrected chi connectivity index (χ1v) is 7.82. The lowest BCUT2D eigenvalue weighted by atomic mass is 9.79. The van der Waals surface area contributed by atoms with E-state index in [1.54, 1.807) is 0 Å². The second-order valence-electron chi connectivity index (χ2n) is 5.53. The molecule has 0 saturated heterocycles. The third-order valence-corrected chi connectivity index (χ3v) is 5.00. The summed E-state index contributed by atoms with van der Waals surface area (Å²) in [6.45, 7) is 0. The molecule has 1 amide bonds. The number of carboxylic acids is 1. The Morgan fingerprint density at radius 1 is 1.10 bits per heavy atom. The van der Waals surface area contributed by atoms with Crippen molar-refractivity contribution in [1.29, 1.82) is 0 Å². The third-order valence-electron chi connectivity index (χ3n) is 4.00. The Kier molecular flexibility index (Phi) is 3.69. The molecule has 7 heteroatoms. The van der Waals surface area contributed by atoms with E-state index in [1.807, 2.05) is 0 Å². The number of amides is 1. The number of nitrogens with zero attached hydrogens (tertiary/aromatic N) is 2. The number of carbonyl (C=O) groups is 2. The molecule has 6 nitrogen and oxygen atoms in total. The minimum absolute atomic E-state index is 0.266. The first-order valence-electron chi connectivity index (χ1n) is 7.00. The van der Waals surface area contributed by atoms with Crippen molar-refractivity contribution in [2.24, 2.45) is 11.8 Å². The van der Waals surface area contributed by atoms with E-state index < -0.39 is 17.8 Å². The fourth-order valence-corrected chi connectivity index (χ4v) is 3.62. The van der Waals surface area contributed by atoms with Gasteiger partial charge in [0.25, 0.3) is 0 Å². The zero-order valence-electron chi connectivity index (χ0n) is 11.0. The van der Waals surface area contributed by atoms with Crippen molar-refractivity contribution in [2.75, 3.05) is 5.32 Å². The first kappa shape index (κ1) is 13.5. The molecule has 0 unspecified atom stereocenters. The van der Waals surface area contributed by atoms with Crippen molar-refractivity contribution in [3.05, 3.63) is 5.01 Å². The number of rotatable bonds is 4. The van der Waals surface area contributed by atoms with Gasteiger partial charge in [-0.25, -0.2) is 0 Å². The second kappa shape index (κ2) is 5.47. The van der Waals surface area contributed by atoms with Gasteiger partial charge in [0.05, 0.1) is 0 Å². The summed E-state index contributed by atoms with van der Waals surface area (Å²) in [5.74, 6) is -2.08. The highest BCUT2D eigenvalue weighted by atomic mass is 32.1. The topological polar surface area (TPSA) is 95.0 Å². The van der Waals surface area contributed by atoms with Gasteiger partial charge in [-0.1, -0.05) is 24.2 Å². The summed E-state index contributed by atoms with van der Waals surface area (Å²) in [7, 11) is 0. The van der Waals surface area contributed by atoms with Gasteiger partial charge in [0.2, 0.25) is 11.0 Å². The van der Waals surface area contributed by atoms with Crippen LogP contribution in [0.25, 0.3) is 0 Å². The van der Waals surface area contributed by atoms with Crippen molar-refractivity contribution in [2.45, 2.75) is 44.4 Å². The van der Waals surface area contributed by atoms with Crippen LogP contribution in [0.1, 0.15) is 49.5 Å². The average molecular weight is 294 g/mol. The molecule has 2 aliphatic rings. The number of hydrogen-bond donors (Lipinski definition) is 1. The van der Waals surface area contributed by atoms with Crippen LogP contribution in [-0.4, -0.2) is 22.1 Å². The van der Waals surface area contributed by atoms with E-state index >= 15 is 0 Å². The molecule has 1 N–H and O–H groups in total. The Morgan fingerprint density at radius 3 is 2.45 bits per heavy atom. The fraction of sp³-hybridized carbons (Fsp3) is 0.692. The predicted molar refractivity (Wildman–Crippen MR) is 71.0 cm³/mol. The number of carbonyl (C=O) groups excluding carboxylic acids is 2. The molecule has 2 atom stereocenters. The number of aromatic nitrogens is 2. The Balaban J connectivity index is 1.65. The van der Waals surface area contributed by atoms with Crippen LogP contribution in [0.15, 0.2) is 0 Å². The maximum atomic E-state index is 12.2. The maximum absolute atomic E-state index is 12.2. The van der Waals surface area contributed by atoms with Gasteiger partial charge in [0.1, 0.15) is 5.01 Å². The van der Waals surface area contributed by atoms with Gasteiger partial charge in [-0.3, -0.25) is 4.79 Å². The molecule has 20 heavy (non-hydrogen) atoms. The summed E-state index contributed by atoms with van der Waals surface area (Å²) in [5, 5.41) is 23.3. The van der Waals surface area contributed by atoms with Crippen LogP contribution in [0.5, 0.6) is 0 Å². The summed E-state index contributed by atoms with van der Waals surface area (Å²) in [6.07, 6.45) is 5.11. The minimum Gasteiger partial charge on any atom is -0.550 e. The van der Waals surface area contributed by atoms with Crippen LogP contribution >= 0.6 is 11.3 Å². The number of anilines is 1. The summed E-state index contributed by atoms with van der Waals surface area (Å²) >= 11 is 1.39. The van der Waals surface area contributed by atoms with Crippen LogP contribution in [0.4, 0.5) is 5.13 Å². The number of hydrogen-bond acceptors (Lipinski definition) is 6. The highest BCUT2D eigenvalue weighted by molar-refractivity contribution is 7.15. The van der Waals surface area contributed by atoms with Crippen LogP contribution in [0.3, 0.4) is 0 Å². The SMILES string of the molecule is O=C([O-])[C@@H]1CCCC[C@H]1C(=O)Nc1nnc(C2CC2)s1. The smallest absolute Gasteiger partial charge is 0.229 e. The summed E-state index contributed by atoms with van der Waals surface area (Å²) in [4.78, 5) is 23.3. The van der Waals surface area contributed by atoms with E-state index in [-0.39, 0.29) is 5.91 Å². The van der Waals surface area contributed by atoms with Gasteiger partial charge in [-0.05, 0) is 25.7 Å². The monoisotopic (exact) mass is 294 g/mol. The molecule has 2 fully saturated rings. The molecule has 0 spiro atoms. The highest BCUT2D eigenvalue weighted by Gasteiger charge is 2.33. The van der Waals surface area contributed by atoms with E-state index in [4.69, 9.17) is 0 Å². The van der Waals surface area contributed by atoms with Gasteiger partial charge in [0, 0.05) is 23.7 Å². The molecule has 0 radical (unpaired) electrons. The molecule has 2 saturated carbocycles.